The van der Waals surface area contributed by atoms with Gasteiger partial charge in [0.1, 0.15) is 0 Å². The molecule has 0 bridgehead atoms. The highest BCUT2D eigenvalue weighted by Gasteiger charge is 2.36. The summed E-state index contributed by atoms with van der Waals surface area (Å²) < 4.78 is 1.75. The van der Waals surface area contributed by atoms with Crippen molar-refractivity contribution in [2.75, 3.05) is 0 Å². The van der Waals surface area contributed by atoms with Crippen LogP contribution in [0.2, 0.25) is 0 Å². The Bertz CT molecular complexity index is 705. The lowest BCUT2D eigenvalue weighted by Gasteiger charge is -2.39. The first kappa shape index (κ1) is 13.6. The number of aromatic nitrogens is 2. The molecule has 0 saturated carbocycles. The molecule has 110 valence electrons. The maximum Gasteiger partial charge on any atom is 0.287 e. The van der Waals surface area contributed by atoms with E-state index in [2.05, 4.69) is 15.6 Å². The van der Waals surface area contributed by atoms with Gasteiger partial charge >= 0.3 is 0 Å². The molecular weight excluding hydrogens is 268 g/mol. The summed E-state index contributed by atoms with van der Waals surface area (Å²) in [7, 11) is 0. The quantitative estimate of drug-likeness (QED) is 0.868. The number of hydrogen-bond donors (Lipinski definition) is 2. The summed E-state index contributed by atoms with van der Waals surface area (Å²) in [5.41, 5.74) is 0.414. The number of carbonyl (C=O) groups is 2. The lowest BCUT2D eigenvalue weighted by atomic mass is 9.87. The van der Waals surface area contributed by atoms with Gasteiger partial charge in [-0.15, -0.1) is 0 Å². The van der Waals surface area contributed by atoms with Crippen LogP contribution in [0.4, 0.5) is 0 Å². The zero-order valence-electron chi connectivity index (χ0n) is 12.1. The van der Waals surface area contributed by atoms with Crippen molar-refractivity contribution >= 4 is 17.3 Å². The summed E-state index contributed by atoms with van der Waals surface area (Å²) in [4.78, 5) is 28.1. The standard InChI is InChI=1S/C15H18N4O2/c1-15(2)11(6-7-12(20)18-15)17-14(21)13-16-9-10-5-3-4-8-19(10)13/h3-5,8-9,11H,6-7H2,1-2H3,(H,17,21)(H,18,20). The fraction of sp³-hybridized carbons (Fsp3) is 0.400. The molecule has 1 atom stereocenters. The first-order valence-electron chi connectivity index (χ1n) is 7.01. The number of imidazole rings is 1. The van der Waals surface area contributed by atoms with Gasteiger partial charge in [-0.1, -0.05) is 6.07 Å². The minimum absolute atomic E-state index is 0.0248. The third-order valence-electron chi connectivity index (χ3n) is 3.94. The van der Waals surface area contributed by atoms with E-state index in [9.17, 15) is 9.59 Å². The van der Waals surface area contributed by atoms with Crippen LogP contribution in [0.3, 0.4) is 0 Å². The normalized spacial score (nSPS) is 21.0. The molecule has 1 aliphatic rings. The van der Waals surface area contributed by atoms with Crippen molar-refractivity contribution in [1.29, 1.82) is 0 Å². The number of amides is 2. The summed E-state index contributed by atoms with van der Waals surface area (Å²) >= 11 is 0. The summed E-state index contributed by atoms with van der Waals surface area (Å²) in [5, 5.41) is 5.90. The maximum absolute atomic E-state index is 12.5. The Morgan fingerprint density at radius 3 is 3.05 bits per heavy atom. The van der Waals surface area contributed by atoms with Crippen LogP contribution >= 0.6 is 0 Å². The lowest BCUT2D eigenvalue weighted by Crippen LogP contribution is -2.62. The molecule has 0 aliphatic carbocycles. The number of hydrogen-bond acceptors (Lipinski definition) is 3. The smallest absolute Gasteiger partial charge is 0.287 e. The zero-order chi connectivity index (χ0) is 15.0. The van der Waals surface area contributed by atoms with E-state index in [-0.39, 0.29) is 17.9 Å². The number of pyridine rings is 1. The Hall–Kier alpha value is -2.37. The van der Waals surface area contributed by atoms with E-state index < -0.39 is 5.54 Å². The largest absolute Gasteiger partial charge is 0.349 e. The van der Waals surface area contributed by atoms with Crippen LogP contribution in [0.1, 0.15) is 37.3 Å². The van der Waals surface area contributed by atoms with Gasteiger partial charge in [-0.2, -0.15) is 0 Å². The van der Waals surface area contributed by atoms with Gasteiger partial charge in [0.2, 0.25) is 11.7 Å². The van der Waals surface area contributed by atoms with E-state index >= 15 is 0 Å². The van der Waals surface area contributed by atoms with E-state index in [4.69, 9.17) is 0 Å². The molecule has 21 heavy (non-hydrogen) atoms. The molecule has 2 aromatic rings. The molecule has 0 radical (unpaired) electrons. The average Bonchev–Trinajstić information content (AvgIpc) is 2.85. The highest BCUT2D eigenvalue weighted by atomic mass is 16.2. The van der Waals surface area contributed by atoms with Crippen molar-refractivity contribution in [2.45, 2.75) is 38.3 Å². The molecule has 1 fully saturated rings. The number of carbonyl (C=O) groups excluding carboxylic acids is 2. The van der Waals surface area contributed by atoms with Crippen molar-refractivity contribution < 1.29 is 9.59 Å². The lowest BCUT2D eigenvalue weighted by molar-refractivity contribution is -0.125. The van der Waals surface area contributed by atoms with Gasteiger partial charge < -0.3 is 10.6 Å². The third kappa shape index (κ3) is 2.49. The van der Waals surface area contributed by atoms with Crippen LogP contribution in [-0.4, -0.2) is 32.8 Å². The van der Waals surface area contributed by atoms with Crippen molar-refractivity contribution in [3.05, 3.63) is 36.4 Å². The number of rotatable bonds is 2. The monoisotopic (exact) mass is 286 g/mol. The number of nitrogens with zero attached hydrogens (tertiary/aromatic N) is 2. The molecule has 2 N–H and O–H groups in total. The van der Waals surface area contributed by atoms with E-state index in [0.717, 1.165) is 5.52 Å². The fourth-order valence-electron chi connectivity index (χ4n) is 2.73. The van der Waals surface area contributed by atoms with Gasteiger partial charge in [-0.05, 0) is 32.4 Å². The highest BCUT2D eigenvalue weighted by Crippen LogP contribution is 2.20. The third-order valence-corrected chi connectivity index (χ3v) is 3.94. The molecular formula is C15H18N4O2. The van der Waals surface area contributed by atoms with Gasteiger partial charge in [0.25, 0.3) is 5.91 Å². The van der Waals surface area contributed by atoms with Crippen LogP contribution in [0, 0.1) is 0 Å². The van der Waals surface area contributed by atoms with Gasteiger partial charge in [0.05, 0.1) is 23.3 Å². The maximum atomic E-state index is 12.5. The van der Waals surface area contributed by atoms with Crippen LogP contribution in [-0.2, 0) is 4.79 Å². The van der Waals surface area contributed by atoms with Crippen molar-refractivity contribution in [3.8, 4) is 0 Å². The molecule has 1 saturated heterocycles. The van der Waals surface area contributed by atoms with Crippen LogP contribution in [0.25, 0.3) is 5.52 Å². The van der Waals surface area contributed by atoms with E-state index in [1.165, 1.54) is 0 Å². The van der Waals surface area contributed by atoms with Crippen LogP contribution in [0.15, 0.2) is 30.6 Å². The van der Waals surface area contributed by atoms with Crippen LogP contribution < -0.4 is 10.6 Å². The van der Waals surface area contributed by atoms with Gasteiger partial charge in [-0.3, -0.25) is 14.0 Å². The molecule has 3 rings (SSSR count). The molecule has 2 amide bonds. The molecule has 2 aromatic heterocycles. The van der Waals surface area contributed by atoms with Crippen molar-refractivity contribution in [3.63, 3.8) is 0 Å². The average molecular weight is 286 g/mol. The predicted molar refractivity (Wildman–Crippen MR) is 77.9 cm³/mol. The minimum Gasteiger partial charge on any atom is -0.349 e. The van der Waals surface area contributed by atoms with Gasteiger partial charge in [0.15, 0.2) is 0 Å². The first-order valence-corrected chi connectivity index (χ1v) is 7.01. The Balaban J connectivity index is 1.82. The number of fused-ring (bicyclic) bond motifs is 1. The molecule has 0 aromatic carbocycles. The molecule has 1 aliphatic heterocycles. The molecule has 0 spiro atoms. The van der Waals surface area contributed by atoms with Crippen molar-refractivity contribution in [1.82, 2.24) is 20.0 Å². The second-order valence-corrected chi connectivity index (χ2v) is 5.91. The number of nitrogens with one attached hydrogen (secondary N) is 2. The van der Waals surface area contributed by atoms with E-state index in [0.29, 0.717) is 18.7 Å². The zero-order valence-corrected chi connectivity index (χ0v) is 12.1. The van der Waals surface area contributed by atoms with Gasteiger partial charge in [-0.25, -0.2) is 4.98 Å². The minimum atomic E-state index is -0.460. The summed E-state index contributed by atoms with van der Waals surface area (Å²) in [6.45, 7) is 3.83. The Labute approximate surface area is 122 Å². The topological polar surface area (TPSA) is 75.5 Å². The Kier molecular flexibility index (Phi) is 3.16. The summed E-state index contributed by atoms with van der Waals surface area (Å²) in [6.07, 6.45) is 4.54. The fourth-order valence-corrected chi connectivity index (χ4v) is 2.73. The Morgan fingerprint density at radius 2 is 2.29 bits per heavy atom. The molecule has 1 unspecified atom stereocenters. The molecule has 6 heteroatoms. The van der Waals surface area contributed by atoms with Crippen molar-refractivity contribution in [2.24, 2.45) is 0 Å². The summed E-state index contributed by atoms with van der Waals surface area (Å²) in [6, 6.07) is 5.54. The predicted octanol–water partition coefficient (Wildman–Crippen LogP) is 1.12. The Morgan fingerprint density at radius 1 is 1.48 bits per heavy atom. The second kappa shape index (κ2) is 4.87. The van der Waals surface area contributed by atoms with E-state index in [1.807, 2.05) is 38.2 Å². The SMILES string of the molecule is CC1(C)NC(=O)CCC1NC(=O)c1ncc2ccccn12. The number of piperidine rings is 1. The van der Waals surface area contributed by atoms with Crippen LogP contribution in [0.5, 0.6) is 0 Å². The molecule has 6 nitrogen and oxygen atoms in total. The second-order valence-electron chi connectivity index (χ2n) is 5.91. The molecule has 3 heterocycles. The first-order chi connectivity index (χ1) is 9.97. The van der Waals surface area contributed by atoms with Gasteiger partial charge in [0, 0.05) is 12.6 Å². The summed E-state index contributed by atoms with van der Waals surface area (Å²) in [5.74, 6) is 0.158. The van der Waals surface area contributed by atoms with E-state index in [1.54, 1.807) is 10.6 Å². The highest BCUT2D eigenvalue weighted by molar-refractivity contribution is 5.92.